The number of carboxylic acids is 1. The molecule has 2 aromatic rings. The number of carbonyl (C=O) groups excluding carboxylic acids is 1. The number of urea groups is 1. The third kappa shape index (κ3) is 5.48. The monoisotopic (exact) mass is 368 g/mol. The first-order valence-electron chi connectivity index (χ1n) is 9.14. The number of aromatic carboxylic acids is 1. The quantitative estimate of drug-likeness (QED) is 0.819. The summed E-state index contributed by atoms with van der Waals surface area (Å²) in [7, 11) is 0. The lowest BCUT2D eigenvalue weighted by Gasteiger charge is -2.32. The van der Waals surface area contributed by atoms with Crippen LogP contribution in [0.1, 0.15) is 28.8 Å². The number of nitrogens with zero attached hydrogens (tertiary/aromatic N) is 1. The van der Waals surface area contributed by atoms with Gasteiger partial charge in [0.15, 0.2) is 0 Å². The second-order valence-corrected chi connectivity index (χ2v) is 6.72. The van der Waals surface area contributed by atoms with Crippen LogP contribution in [0.25, 0.3) is 0 Å². The first-order valence-corrected chi connectivity index (χ1v) is 9.14. The van der Waals surface area contributed by atoms with Crippen molar-refractivity contribution in [2.24, 2.45) is 5.92 Å². The Morgan fingerprint density at radius 2 is 1.70 bits per heavy atom. The van der Waals surface area contributed by atoms with Crippen LogP contribution in [0.5, 0.6) is 5.75 Å². The highest BCUT2D eigenvalue weighted by Crippen LogP contribution is 2.19. The van der Waals surface area contributed by atoms with Crippen LogP contribution >= 0.6 is 0 Å². The van der Waals surface area contributed by atoms with Gasteiger partial charge in [0.1, 0.15) is 5.75 Å². The van der Waals surface area contributed by atoms with Crippen LogP contribution in [0.3, 0.4) is 0 Å². The summed E-state index contributed by atoms with van der Waals surface area (Å²) < 4.78 is 5.81. The maximum atomic E-state index is 12.3. The molecule has 2 amide bonds. The van der Waals surface area contributed by atoms with E-state index in [-0.39, 0.29) is 11.6 Å². The first kappa shape index (κ1) is 18.8. The summed E-state index contributed by atoms with van der Waals surface area (Å²) in [4.78, 5) is 25.0. The minimum Gasteiger partial charge on any atom is -0.493 e. The molecule has 142 valence electrons. The van der Waals surface area contributed by atoms with Gasteiger partial charge in [-0.2, -0.15) is 0 Å². The Morgan fingerprint density at radius 1 is 1.04 bits per heavy atom. The van der Waals surface area contributed by atoms with E-state index in [0.717, 1.165) is 24.2 Å². The van der Waals surface area contributed by atoms with Crippen LogP contribution < -0.4 is 10.1 Å². The molecule has 0 spiro atoms. The summed E-state index contributed by atoms with van der Waals surface area (Å²) in [6, 6.07) is 16.2. The number of amides is 2. The van der Waals surface area contributed by atoms with Crippen molar-refractivity contribution in [3.63, 3.8) is 0 Å². The Morgan fingerprint density at radius 3 is 2.33 bits per heavy atom. The predicted molar refractivity (Wildman–Crippen MR) is 102 cm³/mol. The van der Waals surface area contributed by atoms with Gasteiger partial charge in [-0.25, -0.2) is 9.59 Å². The second-order valence-electron chi connectivity index (χ2n) is 6.72. The smallest absolute Gasteiger partial charge is 0.335 e. The van der Waals surface area contributed by atoms with Crippen molar-refractivity contribution < 1.29 is 19.4 Å². The molecule has 6 heteroatoms. The zero-order valence-corrected chi connectivity index (χ0v) is 15.1. The van der Waals surface area contributed by atoms with Gasteiger partial charge in [0.2, 0.25) is 0 Å². The molecule has 0 atom stereocenters. The molecule has 1 aliphatic rings. The molecule has 1 fully saturated rings. The van der Waals surface area contributed by atoms with E-state index in [9.17, 15) is 9.59 Å². The zero-order valence-electron chi connectivity index (χ0n) is 15.1. The van der Waals surface area contributed by atoms with Gasteiger partial charge in [0, 0.05) is 19.6 Å². The highest BCUT2D eigenvalue weighted by molar-refractivity contribution is 5.87. The minimum atomic E-state index is -0.954. The molecule has 0 aliphatic carbocycles. The highest BCUT2D eigenvalue weighted by Gasteiger charge is 2.23. The Kier molecular flexibility index (Phi) is 6.30. The molecular formula is C21H24N2O4. The second kappa shape index (κ2) is 9.07. The lowest BCUT2D eigenvalue weighted by molar-refractivity contribution is 0.0697. The van der Waals surface area contributed by atoms with E-state index in [1.165, 1.54) is 0 Å². The number of carbonyl (C=O) groups is 2. The molecule has 0 unspecified atom stereocenters. The SMILES string of the molecule is O=C(O)c1ccc(CNC(=O)N2CCC(COc3ccccc3)CC2)cc1. The number of nitrogens with one attached hydrogen (secondary N) is 1. The van der Waals surface area contributed by atoms with Crippen LogP contribution in [0, 0.1) is 5.92 Å². The number of benzene rings is 2. The molecule has 3 rings (SSSR count). The number of likely N-dealkylation sites (tertiary alicyclic amines) is 1. The molecule has 2 N–H and O–H groups in total. The largest absolute Gasteiger partial charge is 0.493 e. The Bertz CT molecular complexity index is 754. The van der Waals surface area contributed by atoms with Crippen LogP contribution in [-0.2, 0) is 6.54 Å². The lowest BCUT2D eigenvalue weighted by atomic mass is 9.98. The summed E-state index contributed by atoms with van der Waals surface area (Å²) >= 11 is 0. The molecule has 1 aliphatic heterocycles. The van der Waals surface area contributed by atoms with Gasteiger partial charge in [-0.05, 0) is 48.6 Å². The predicted octanol–water partition coefficient (Wildman–Crippen LogP) is 3.39. The maximum Gasteiger partial charge on any atom is 0.335 e. The van der Waals surface area contributed by atoms with Crippen molar-refractivity contribution in [3.05, 3.63) is 65.7 Å². The highest BCUT2D eigenvalue weighted by atomic mass is 16.5. The Hall–Kier alpha value is -3.02. The molecule has 2 aromatic carbocycles. The zero-order chi connectivity index (χ0) is 19.1. The van der Waals surface area contributed by atoms with Crippen molar-refractivity contribution in [2.45, 2.75) is 19.4 Å². The van der Waals surface area contributed by atoms with Crippen molar-refractivity contribution in [1.29, 1.82) is 0 Å². The van der Waals surface area contributed by atoms with Crippen molar-refractivity contribution in [3.8, 4) is 5.75 Å². The number of para-hydroxylation sites is 1. The summed E-state index contributed by atoms with van der Waals surface area (Å²) in [6.45, 7) is 2.49. The molecule has 0 radical (unpaired) electrons. The lowest BCUT2D eigenvalue weighted by Crippen LogP contribution is -2.44. The minimum absolute atomic E-state index is 0.0836. The number of piperidine rings is 1. The average Bonchev–Trinajstić information content (AvgIpc) is 2.72. The summed E-state index contributed by atoms with van der Waals surface area (Å²) in [5.74, 6) is 0.383. The maximum absolute atomic E-state index is 12.3. The van der Waals surface area contributed by atoms with Crippen LogP contribution in [0.2, 0.25) is 0 Å². The van der Waals surface area contributed by atoms with Gasteiger partial charge in [0.25, 0.3) is 0 Å². The summed E-state index contributed by atoms with van der Waals surface area (Å²) in [6.07, 6.45) is 1.85. The fraction of sp³-hybridized carbons (Fsp3) is 0.333. The topological polar surface area (TPSA) is 78.9 Å². The van der Waals surface area contributed by atoms with Crippen molar-refractivity contribution in [2.75, 3.05) is 19.7 Å². The van der Waals surface area contributed by atoms with Crippen molar-refractivity contribution >= 4 is 12.0 Å². The Balaban J connectivity index is 1.38. The summed E-state index contributed by atoms with van der Waals surface area (Å²) in [5, 5.41) is 11.8. The van der Waals surface area contributed by atoms with E-state index in [0.29, 0.717) is 32.2 Å². The van der Waals surface area contributed by atoms with E-state index in [1.807, 2.05) is 35.2 Å². The molecule has 0 bridgehead atoms. The number of hydrogen-bond donors (Lipinski definition) is 2. The standard InChI is InChI=1S/C21H24N2O4/c24-20(25)18-8-6-16(7-9-18)14-22-21(26)23-12-10-17(11-13-23)15-27-19-4-2-1-3-5-19/h1-9,17H,10-15H2,(H,22,26)(H,24,25). The van der Waals surface area contributed by atoms with Crippen LogP contribution in [-0.4, -0.2) is 41.7 Å². The number of ether oxygens (including phenoxy) is 1. The van der Waals surface area contributed by atoms with Gasteiger partial charge in [-0.3, -0.25) is 0 Å². The van der Waals surface area contributed by atoms with Crippen LogP contribution in [0.4, 0.5) is 4.79 Å². The van der Waals surface area contributed by atoms with Crippen molar-refractivity contribution in [1.82, 2.24) is 10.2 Å². The molecule has 0 aromatic heterocycles. The van der Waals surface area contributed by atoms with E-state index >= 15 is 0 Å². The number of carboxylic acid groups (broad SMARTS) is 1. The molecule has 6 nitrogen and oxygen atoms in total. The van der Waals surface area contributed by atoms with Crippen LogP contribution in [0.15, 0.2) is 54.6 Å². The fourth-order valence-electron chi connectivity index (χ4n) is 3.09. The number of hydrogen-bond acceptors (Lipinski definition) is 3. The normalized spacial score (nSPS) is 14.6. The molecule has 1 saturated heterocycles. The van der Waals surface area contributed by atoms with Gasteiger partial charge in [0.05, 0.1) is 12.2 Å². The fourth-order valence-corrected chi connectivity index (χ4v) is 3.09. The molecule has 0 saturated carbocycles. The van der Waals surface area contributed by atoms with Gasteiger partial charge in [-0.1, -0.05) is 30.3 Å². The van der Waals surface area contributed by atoms with Gasteiger partial charge < -0.3 is 20.1 Å². The molecule has 1 heterocycles. The third-order valence-electron chi connectivity index (χ3n) is 4.78. The van der Waals surface area contributed by atoms with E-state index in [1.54, 1.807) is 24.3 Å². The Labute approximate surface area is 158 Å². The molecule has 27 heavy (non-hydrogen) atoms. The van der Waals surface area contributed by atoms with Gasteiger partial charge >= 0.3 is 12.0 Å². The summed E-state index contributed by atoms with van der Waals surface area (Å²) in [5.41, 5.74) is 1.12. The molecular weight excluding hydrogens is 344 g/mol. The first-order chi connectivity index (χ1) is 13.1. The average molecular weight is 368 g/mol. The van der Waals surface area contributed by atoms with Gasteiger partial charge in [-0.15, -0.1) is 0 Å². The number of rotatable bonds is 6. The van der Waals surface area contributed by atoms with E-state index in [2.05, 4.69) is 5.32 Å². The third-order valence-corrected chi connectivity index (χ3v) is 4.78. The van der Waals surface area contributed by atoms with E-state index < -0.39 is 5.97 Å². The van der Waals surface area contributed by atoms with E-state index in [4.69, 9.17) is 9.84 Å².